The van der Waals surface area contributed by atoms with Gasteiger partial charge in [-0.05, 0) is 23.5 Å². The van der Waals surface area contributed by atoms with Crippen LogP contribution in [0.3, 0.4) is 0 Å². The summed E-state index contributed by atoms with van der Waals surface area (Å²) in [6, 6.07) is 7.21. The molecule has 0 amide bonds. The normalized spacial score (nSPS) is 24.2. The molecule has 0 bridgehead atoms. The predicted octanol–water partition coefficient (Wildman–Crippen LogP) is 3.20. The molecule has 1 aromatic carbocycles. The van der Waals surface area contributed by atoms with Crippen LogP contribution >= 0.6 is 0 Å². The van der Waals surface area contributed by atoms with Gasteiger partial charge in [-0.3, -0.25) is 0 Å². The Bertz CT molecular complexity index is 1260. The number of fused-ring (bicyclic) bond motifs is 1. The zero-order valence-electron chi connectivity index (χ0n) is 19.1. The lowest BCUT2D eigenvalue weighted by molar-refractivity contribution is 0.259. The van der Waals surface area contributed by atoms with Crippen LogP contribution in [-0.4, -0.2) is 54.5 Å². The molecule has 1 aliphatic heterocycles. The Morgan fingerprint density at radius 3 is 2.52 bits per heavy atom. The summed E-state index contributed by atoms with van der Waals surface area (Å²) >= 11 is 0. The highest BCUT2D eigenvalue weighted by molar-refractivity contribution is 7.90. The SMILES string of the molecule is CC(C)c1noc(N2CC3[C@@H](COc4cnc(-c5ccc(S(C)(=O)=O)cc5)cn4)[C@]3(C)C2)n1. The highest BCUT2D eigenvalue weighted by Gasteiger charge is 2.66. The molecule has 3 heterocycles. The molecule has 33 heavy (non-hydrogen) atoms. The molecule has 10 heteroatoms. The maximum Gasteiger partial charge on any atom is 0.324 e. The van der Waals surface area contributed by atoms with Crippen LogP contribution in [0.15, 0.2) is 46.1 Å². The van der Waals surface area contributed by atoms with Crippen molar-refractivity contribution in [1.82, 2.24) is 20.1 Å². The van der Waals surface area contributed by atoms with Gasteiger partial charge in [0.15, 0.2) is 15.7 Å². The molecule has 3 aromatic rings. The molecule has 9 nitrogen and oxygen atoms in total. The number of benzene rings is 1. The van der Waals surface area contributed by atoms with Gasteiger partial charge in [-0.25, -0.2) is 18.4 Å². The molecule has 174 valence electrons. The standard InChI is InChI=1S/C23H27N5O4S/c1-14(2)21-26-22(32-27-21)28-11-17-18(23(17,3)13-28)12-31-20-10-24-19(9-25-20)15-5-7-16(8-6-15)33(4,29)30/h5-10,14,17-18H,11-13H2,1-4H3/t17?,18-,23-/m1/s1. The maximum atomic E-state index is 11.6. The number of rotatable bonds is 7. The van der Waals surface area contributed by atoms with E-state index in [4.69, 9.17) is 9.26 Å². The number of nitrogens with zero attached hydrogens (tertiary/aromatic N) is 5. The number of sulfone groups is 1. The summed E-state index contributed by atoms with van der Waals surface area (Å²) in [6.07, 6.45) is 4.44. The fourth-order valence-electron chi connectivity index (χ4n) is 4.68. The molecule has 2 aliphatic rings. The lowest BCUT2D eigenvalue weighted by Gasteiger charge is -2.19. The van der Waals surface area contributed by atoms with Gasteiger partial charge in [0, 0.05) is 36.7 Å². The van der Waals surface area contributed by atoms with Crippen molar-refractivity contribution in [1.29, 1.82) is 0 Å². The number of anilines is 1. The summed E-state index contributed by atoms with van der Waals surface area (Å²) in [6.45, 7) is 8.73. The first-order valence-corrected chi connectivity index (χ1v) is 12.9. The van der Waals surface area contributed by atoms with Gasteiger partial charge in [0.2, 0.25) is 5.88 Å². The van der Waals surface area contributed by atoms with E-state index in [0.717, 1.165) is 24.5 Å². The topological polar surface area (TPSA) is 111 Å². The Morgan fingerprint density at radius 1 is 1.21 bits per heavy atom. The Kier molecular flexibility index (Phi) is 5.15. The zero-order chi connectivity index (χ0) is 23.4. The lowest BCUT2D eigenvalue weighted by Crippen LogP contribution is -2.28. The van der Waals surface area contributed by atoms with Crippen LogP contribution in [0.1, 0.15) is 32.5 Å². The van der Waals surface area contributed by atoms with Crippen LogP contribution in [0.25, 0.3) is 11.3 Å². The predicted molar refractivity (Wildman–Crippen MR) is 122 cm³/mol. The second-order valence-corrected chi connectivity index (χ2v) is 11.6. The monoisotopic (exact) mass is 469 g/mol. The Balaban J connectivity index is 1.16. The quantitative estimate of drug-likeness (QED) is 0.515. The van der Waals surface area contributed by atoms with E-state index in [-0.39, 0.29) is 16.2 Å². The van der Waals surface area contributed by atoms with Gasteiger partial charge in [0.05, 0.1) is 29.6 Å². The molecule has 1 saturated carbocycles. The van der Waals surface area contributed by atoms with Gasteiger partial charge in [0.25, 0.3) is 0 Å². The summed E-state index contributed by atoms with van der Waals surface area (Å²) in [4.78, 5) is 15.8. The van der Waals surface area contributed by atoms with Gasteiger partial charge < -0.3 is 14.2 Å². The first kappa shape index (κ1) is 21.8. The van der Waals surface area contributed by atoms with Crippen molar-refractivity contribution in [2.45, 2.75) is 31.6 Å². The van der Waals surface area contributed by atoms with Crippen molar-refractivity contribution in [3.05, 3.63) is 42.5 Å². The third-order valence-electron chi connectivity index (χ3n) is 6.85. The fraction of sp³-hybridized carbons (Fsp3) is 0.478. The summed E-state index contributed by atoms with van der Waals surface area (Å²) in [5.41, 5.74) is 1.63. The molecule has 0 spiro atoms. The van der Waals surface area contributed by atoms with Crippen LogP contribution in [0.5, 0.6) is 5.88 Å². The third kappa shape index (κ3) is 4.07. The molecule has 1 aliphatic carbocycles. The number of hydrogen-bond acceptors (Lipinski definition) is 9. The average molecular weight is 470 g/mol. The van der Waals surface area contributed by atoms with Gasteiger partial charge in [0.1, 0.15) is 0 Å². The van der Waals surface area contributed by atoms with E-state index < -0.39 is 9.84 Å². The third-order valence-corrected chi connectivity index (χ3v) is 7.98. The van der Waals surface area contributed by atoms with E-state index >= 15 is 0 Å². The molecular weight excluding hydrogens is 442 g/mol. The van der Waals surface area contributed by atoms with E-state index in [2.05, 4.69) is 45.8 Å². The molecule has 1 unspecified atom stereocenters. The summed E-state index contributed by atoms with van der Waals surface area (Å²) in [5, 5.41) is 4.07. The van der Waals surface area contributed by atoms with Crippen molar-refractivity contribution in [2.75, 3.05) is 30.9 Å². The van der Waals surface area contributed by atoms with E-state index in [0.29, 0.717) is 36.0 Å². The van der Waals surface area contributed by atoms with E-state index in [9.17, 15) is 8.42 Å². The Morgan fingerprint density at radius 2 is 1.97 bits per heavy atom. The first-order chi connectivity index (χ1) is 15.6. The largest absolute Gasteiger partial charge is 0.476 e. The number of aromatic nitrogens is 4. The van der Waals surface area contributed by atoms with Crippen LogP contribution in [-0.2, 0) is 9.84 Å². The highest BCUT2D eigenvalue weighted by atomic mass is 32.2. The van der Waals surface area contributed by atoms with E-state index in [1.54, 1.807) is 36.7 Å². The second kappa shape index (κ2) is 7.79. The molecule has 0 radical (unpaired) electrons. The number of ether oxygens (including phenoxy) is 1. The van der Waals surface area contributed by atoms with E-state index in [1.807, 2.05) is 0 Å². The van der Waals surface area contributed by atoms with E-state index in [1.165, 1.54) is 6.26 Å². The van der Waals surface area contributed by atoms with Crippen molar-refractivity contribution in [2.24, 2.45) is 17.3 Å². The van der Waals surface area contributed by atoms with Gasteiger partial charge in [-0.1, -0.05) is 38.1 Å². The summed E-state index contributed by atoms with van der Waals surface area (Å²) < 4.78 is 34.6. The van der Waals surface area contributed by atoms with Crippen molar-refractivity contribution < 1.29 is 17.7 Å². The zero-order valence-corrected chi connectivity index (χ0v) is 19.9. The lowest BCUT2D eigenvalue weighted by atomic mass is 10.1. The summed E-state index contributed by atoms with van der Waals surface area (Å²) in [5.74, 6) is 2.44. The first-order valence-electron chi connectivity index (χ1n) is 11.0. The smallest absolute Gasteiger partial charge is 0.324 e. The molecule has 1 saturated heterocycles. The Hall–Kier alpha value is -3.01. The minimum Gasteiger partial charge on any atom is -0.476 e. The van der Waals surface area contributed by atoms with Crippen LogP contribution < -0.4 is 9.64 Å². The fourth-order valence-corrected chi connectivity index (χ4v) is 5.31. The molecular formula is C23H27N5O4S. The summed E-state index contributed by atoms with van der Waals surface area (Å²) in [7, 11) is -3.22. The molecule has 2 fully saturated rings. The van der Waals surface area contributed by atoms with Crippen molar-refractivity contribution in [3.63, 3.8) is 0 Å². The van der Waals surface area contributed by atoms with Crippen LogP contribution in [0.4, 0.5) is 6.01 Å². The van der Waals surface area contributed by atoms with Gasteiger partial charge in [-0.15, -0.1) is 0 Å². The van der Waals surface area contributed by atoms with Crippen molar-refractivity contribution in [3.8, 4) is 17.1 Å². The average Bonchev–Trinajstić information content (AvgIpc) is 3.15. The highest BCUT2D eigenvalue weighted by Crippen LogP contribution is 2.63. The van der Waals surface area contributed by atoms with Gasteiger partial charge in [-0.2, -0.15) is 4.98 Å². The van der Waals surface area contributed by atoms with Crippen LogP contribution in [0, 0.1) is 17.3 Å². The molecule has 2 aromatic heterocycles. The second-order valence-electron chi connectivity index (χ2n) is 9.54. The minimum absolute atomic E-state index is 0.168. The molecule has 0 N–H and O–H groups in total. The van der Waals surface area contributed by atoms with Crippen molar-refractivity contribution >= 4 is 15.9 Å². The molecule has 5 rings (SSSR count). The number of hydrogen-bond donors (Lipinski definition) is 0. The van der Waals surface area contributed by atoms with Crippen LogP contribution in [0.2, 0.25) is 0 Å². The maximum absolute atomic E-state index is 11.6. The van der Waals surface area contributed by atoms with Gasteiger partial charge >= 0.3 is 6.01 Å². The Labute approximate surface area is 193 Å². The minimum atomic E-state index is -3.22. The number of piperidine rings is 1. The molecule has 3 atom stereocenters.